The van der Waals surface area contributed by atoms with Crippen LogP contribution in [0.15, 0.2) is 49.3 Å². The lowest BCUT2D eigenvalue weighted by atomic mass is 9.54. The summed E-state index contributed by atoms with van der Waals surface area (Å²) in [5, 5.41) is 0. The number of benzene rings is 1. The molecule has 10 heteroatoms. The van der Waals surface area contributed by atoms with Crippen molar-refractivity contribution in [1.29, 1.82) is 0 Å². The van der Waals surface area contributed by atoms with E-state index in [1.807, 2.05) is 17.0 Å². The van der Waals surface area contributed by atoms with E-state index in [2.05, 4.69) is 49.1 Å². The highest BCUT2D eigenvalue weighted by molar-refractivity contribution is 5.72. The van der Waals surface area contributed by atoms with Crippen LogP contribution >= 0.6 is 0 Å². The lowest BCUT2D eigenvalue weighted by Gasteiger charge is -2.51. The second kappa shape index (κ2) is 10.3. The number of esters is 1. The van der Waals surface area contributed by atoms with Gasteiger partial charge in [0.25, 0.3) is 0 Å². The first-order valence-corrected chi connectivity index (χ1v) is 14.6. The van der Waals surface area contributed by atoms with Gasteiger partial charge in [-0.05, 0) is 55.9 Å². The number of nitrogens with zero attached hydrogens (tertiary/aromatic N) is 6. The molecule has 0 amide bonds. The minimum atomic E-state index is -0.874. The van der Waals surface area contributed by atoms with E-state index in [1.54, 1.807) is 18.5 Å². The Bertz CT molecular complexity index is 1580. The molecular weight excluding hydrogens is 550 g/mol. The molecule has 3 aliphatic rings. The summed E-state index contributed by atoms with van der Waals surface area (Å²) < 4.78 is 32.7. The van der Waals surface area contributed by atoms with Gasteiger partial charge in [0, 0.05) is 49.5 Å². The Labute approximate surface area is 251 Å². The molecule has 0 atom stereocenters. The summed E-state index contributed by atoms with van der Waals surface area (Å²) >= 11 is 0. The first kappa shape index (κ1) is 29.0. The molecule has 0 bridgehead atoms. The van der Waals surface area contributed by atoms with Crippen molar-refractivity contribution >= 4 is 29.0 Å². The molecule has 3 aromatic rings. The predicted molar refractivity (Wildman–Crippen MR) is 162 cm³/mol. The number of halogens is 2. The van der Waals surface area contributed by atoms with Crippen molar-refractivity contribution in [2.45, 2.75) is 57.9 Å². The van der Waals surface area contributed by atoms with Crippen molar-refractivity contribution in [2.75, 3.05) is 43.1 Å². The predicted octanol–water partition coefficient (Wildman–Crippen LogP) is 5.65. The van der Waals surface area contributed by atoms with Gasteiger partial charge in [0.15, 0.2) is 17.5 Å². The molecule has 4 heterocycles. The van der Waals surface area contributed by atoms with Crippen molar-refractivity contribution < 1.29 is 18.3 Å². The topological polar surface area (TPSA) is 74.7 Å². The van der Waals surface area contributed by atoms with Crippen LogP contribution in [0, 0.1) is 17.0 Å². The molecule has 1 spiro atoms. The van der Waals surface area contributed by atoms with Crippen LogP contribution in [0.5, 0.6) is 0 Å². The quantitative estimate of drug-likeness (QED) is 0.343. The first-order chi connectivity index (χ1) is 20.3. The maximum atomic E-state index is 14.2. The average Bonchev–Trinajstić information content (AvgIpc) is 3.27. The van der Waals surface area contributed by atoms with Crippen molar-refractivity contribution in [3.63, 3.8) is 0 Å². The summed E-state index contributed by atoms with van der Waals surface area (Å²) in [4.78, 5) is 32.8. The molecule has 2 fully saturated rings. The van der Waals surface area contributed by atoms with Gasteiger partial charge in [-0.2, -0.15) is 0 Å². The molecule has 226 valence electrons. The zero-order valence-corrected chi connectivity index (χ0v) is 25.5. The van der Waals surface area contributed by atoms with Gasteiger partial charge < -0.3 is 19.4 Å². The Morgan fingerprint density at radius 3 is 2.40 bits per heavy atom. The zero-order chi connectivity index (χ0) is 30.7. The highest BCUT2D eigenvalue weighted by Crippen LogP contribution is 2.60. The Kier molecular flexibility index (Phi) is 6.93. The summed E-state index contributed by atoms with van der Waals surface area (Å²) in [5.41, 5.74) is 3.51. The first-order valence-electron chi connectivity index (χ1n) is 14.6. The Hall–Kier alpha value is -4.08. The molecule has 1 saturated carbocycles. The molecule has 8 nitrogen and oxygen atoms in total. The molecule has 6 rings (SSSR count). The minimum Gasteiger partial charge on any atom is -0.469 e. The fourth-order valence-electron chi connectivity index (χ4n) is 7.39. The van der Waals surface area contributed by atoms with Crippen LogP contribution in [0.1, 0.15) is 57.5 Å². The van der Waals surface area contributed by atoms with Crippen LogP contribution in [-0.4, -0.2) is 64.6 Å². The third kappa shape index (κ3) is 5.21. The Morgan fingerprint density at radius 2 is 1.77 bits per heavy atom. The average molecular weight is 589 g/mol. The lowest BCUT2D eigenvalue weighted by Crippen LogP contribution is -2.58. The van der Waals surface area contributed by atoms with Crippen LogP contribution in [0.2, 0.25) is 0 Å². The number of carbonyl (C=O) groups is 1. The second-order valence-electron chi connectivity index (χ2n) is 13.5. The summed E-state index contributed by atoms with van der Waals surface area (Å²) in [6, 6.07) is 7.86. The number of ether oxygens (including phenoxy) is 1. The summed E-state index contributed by atoms with van der Waals surface area (Å²) in [5.74, 6) is -0.475. The number of anilines is 3. The number of rotatable bonds is 6. The van der Waals surface area contributed by atoms with Crippen molar-refractivity contribution in [3.8, 4) is 0 Å². The van der Waals surface area contributed by atoms with Crippen molar-refractivity contribution in [3.05, 3.63) is 77.9 Å². The van der Waals surface area contributed by atoms with E-state index in [0.29, 0.717) is 18.1 Å². The van der Waals surface area contributed by atoms with E-state index < -0.39 is 11.6 Å². The third-order valence-electron chi connectivity index (χ3n) is 9.05. The minimum absolute atomic E-state index is 0.167. The SMILES string of the molecule is C=C(c1cnc2c(n1)C1(CN2c2ccc(F)c(F)c2)CC(C)(C)C1)N1CCN(c2ccc(CC(=O)OC)cn2)CC1(C)C. The summed E-state index contributed by atoms with van der Waals surface area (Å²) in [6.45, 7) is 16.1. The normalized spacial score (nSPS) is 19.7. The Balaban J connectivity index is 1.24. The van der Waals surface area contributed by atoms with E-state index in [-0.39, 0.29) is 28.8 Å². The highest BCUT2D eigenvalue weighted by atomic mass is 19.2. The van der Waals surface area contributed by atoms with Gasteiger partial charge in [0.1, 0.15) is 11.5 Å². The lowest BCUT2D eigenvalue weighted by molar-refractivity contribution is -0.139. The van der Waals surface area contributed by atoms with E-state index in [9.17, 15) is 13.6 Å². The monoisotopic (exact) mass is 588 g/mol. The number of fused-ring (bicyclic) bond motifs is 2. The van der Waals surface area contributed by atoms with Gasteiger partial charge in [0.2, 0.25) is 0 Å². The van der Waals surface area contributed by atoms with Gasteiger partial charge >= 0.3 is 5.97 Å². The van der Waals surface area contributed by atoms with Crippen LogP contribution < -0.4 is 9.80 Å². The number of carbonyl (C=O) groups excluding carboxylic acids is 1. The standard InChI is InChI=1S/C33H38F2N6O2/c1-21(41-12-11-39(19-32(41,4)5)27-10-7-22(15-36-27)13-28(42)43-6)26-16-37-30-29(38-26)33(17-31(2,3)18-33)20-40(30)23-8-9-24(34)25(35)14-23/h7-10,14-16H,1,11-13,17-20H2,2-6H3. The maximum absolute atomic E-state index is 14.2. The third-order valence-corrected chi connectivity index (χ3v) is 9.05. The van der Waals surface area contributed by atoms with Crippen LogP contribution in [0.3, 0.4) is 0 Å². The Morgan fingerprint density at radius 1 is 1.00 bits per heavy atom. The van der Waals surface area contributed by atoms with Gasteiger partial charge in [-0.1, -0.05) is 26.5 Å². The molecule has 2 aromatic heterocycles. The molecule has 2 aliphatic heterocycles. The number of hydrogen-bond acceptors (Lipinski definition) is 8. The molecule has 1 saturated heterocycles. The number of piperazine rings is 1. The fraction of sp³-hybridized carbons (Fsp3) is 0.455. The molecule has 1 aliphatic carbocycles. The maximum Gasteiger partial charge on any atom is 0.310 e. The molecule has 1 aromatic carbocycles. The molecule has 0 unspecified atom stereocenters. The molecule has 0 radical (unpaired) electrons. The van der Waals surface area contributed by atoms with E-state index in [0.717, 1.165) is 67.0 Å². The van der Waals surface area contributed by atoms with E-state index >= 15 is 0 Å². The number of methoxy groups -OCH3 is 1. The number of pyridine rings is 1. The van der Waals surface area contributed by atoms with E-state index in [4.69, 9.17) is 14.7 Å². The number of aromatic nitrogens is 3. The van der Waals surface area contributed by atoms with Crippen molar-refractivity contribution in [1.82, 2.24) is 19.9 Å². The van der Waals surface area contributed by atoms with Crippen molar-refractivity contribution in [2.24, 2.45) is 5.41 Å². The second-order valence-corrected chi connectivity index (χ2v) is 13.5. The number of hydrogen-bond donors (Lipinski definition) is 0. The fourth-order valence-corrected chi connectivity index (χ4v) is 7.39. The zero-order valence-electron chi connectivity index (χ0n) is 25.5. The van der Waals surface area contributed by atoms with Gasteiger partial charge in [-0.15, -0.1) is 0 Å². The largest absolute Gasteiger partial charge is 0.469 e. The van der Waals surface area contributed by atoms with Gasteiger partial charge in [0.05, 0.1) is 36.7 Å². The molecular formula is C33H38F2N6O2. The highest BCUT2D eigenvalue weighted by Gasteiger charge is 2.57. The molecule has 0 N–H and O–H groups in total. The van der Waals surface area contributed by atoms with Gasteiger partial charge in [-0.3, -0.25) is 4.79 Å². The van der Waals surface area contributed by atoms with Crippen LogP contribution in [0.25, 0.3) is 5.70 Å². The summed E-state index contributed by atoms with van der Waals surface area (Å²) in [6.07, 6.45) is 5.55. The summed E-state index contributed by atoms with van der Waals surface area (Å²) in [7, 11) is 1.38. The van der Waals surface area contributed by atoms with Crippen LogP contribution in [-0.2, 0) is 21.4 Å². The van der Waals surface area contributed by atoms with E-state index in [1.165, 1.54) is 13.2 Å². The molecule has 43 heavy (non-hydrogen) atoms. The smallest absolute Gasteiger partial charge is 0.310 e. The van der Waals surface area contributed by atoms with Gasteiger partial charge in [-0.25, -0.2) is 23.7 Å². The van der Waals surface area contributed by atoms with Crippen LogP contribution in [0.4, 0.5) is 26.1 Å².